The van der Waals surface area contributed by atoms with Crippen molar-refractivity contribution in [3.8, 4) is 11.5 Å². The number of likely N-dealkylation sites (tertiary alicyclic amines) is 1. The normalized spacial score (nSPS) is 13.7. The van der Waals surface area contributed by atoms with Gasteiger partial charge in [0.05, 0.1) is 19.2 Å². The van der Waals surface area contributed by atoms with Gasteiger partial charge in [0.1, 0.15) is 17.2 Å². The standard InChI is InChI=1S/C27H33N5O3S2/c1-31(2)21-7-5-20(6-8-21)29-27(36)32-11-9-19(10-12-32)26-30-24(17-37-26)25(33)28-16-18-13-22(34-3)15-23(14-18)35-4/h5-8,13-15,17,19H,9-12,16H2,1-4H3,(H,28,33)(H,29,36). The Hall–Kier alpha value is -3.37. The third kappa shape index (κ3) is 6.90. The van der Waals surface area contributed by atoms with Gasteiger partial charge in [-0.25, -0.2) is 4.98 Å². The van der Waals surface area contributed by atoms with Gasteiger partial charge in [-0.1, -0.05) is 0 Å². The van der Waals surface area contributed by atoms with Crippen molar-refractivity contribution in [2.24, 2.45) is 0 Å². The fourth-order valence-corrected chi connectivity index (χ4v) is 5.47. The van der Waals surface area contributed by atoms with Gasteiger partial charge >= 0.3 is 0 Å². The Balaban J connectivity index is 1.27. The van der Waals surface area contributed by atoms with Crippen molar-refractivity contribution in [1.29, 1.82) is 0 Å². The first-order valence-corrected chi connectivity index (χ1v) is 13.4. The second-order valence-corrected chi connectivity index (χ2v) is 10.4. The van der Waals surface area contributed by atoms with Crippen molar-refractivity contribution < 1.29 is 14.3 Å². The first-order valence-electron chi connectivity index (χ1n) is 12.1. The number of methoxy groups -OCH3 is 2. The van der Waals surface area contributed by atoms with Crippen molar-refractivity contribution in [3.63, 3.8) is 0 Å². The van der Waals surface area contributed by atoms with Crippen molar-refractivity contribution in [1.82, 2.24) is 15.2 Å². The number of piperidine rings is 1. The van der Waals surface area contributed by atoms with Crippen LogP contribution in [0.15, 0.2) is 47.8 Å². The molecule has 2 N–H and O–H groups in total. The van der Waals surface area contributed by atoms with Gasteiger partial charge in [-0.15, -0.1) is 11.3 Å². The number of thiocarbonyl (C=S) groups is 1. The van der Waals surface area contributed by atoms with Crippen LogP contribution in [0.1, 0.15) is 39.8 Å². The maximum Gasteiger partial charge on any atom is 0.271 e. The maximum absolute atomic E-state index is 12.7. The lowest BCUT2D eigenvalue weighted by Gasteiger charge is -2.33. The fraction of sp³-hybridized carbons (Fsp3) is 0.370. The van der Waals surface area contributed by atoms with E-state index >= 15 is 0 Å². The number of rotatable bonds is 8. The molecule has 0 radical (unpaired) electrons. The average molecular weight is 540 g/mol. The van der Waals surface area contributed by atoms with E-state index in [-0.39, 0.29) is 5.91 Å². The third-order valence-electron chi connectivity index (χ3n) is 6.39. The molecule has 196 valence electrons. The lowest BCUT2D eigenvalue weighted by atomic mass is 9.98. The third-order valence-corrected chi connectivity index (χ3v) is 7.75. The van der Waals surface area contributed by atoms with E-state index in [1.807, 2.05) is 43.7 Å². The van der Waals surface area contributed by atoms with E-state index in [2.05, 4.69) is 37.6 Å². The van der Waals surface area contributed by atoms with E-state index in [0.717, 1.165) is 53.0 Å². The molecular formula is C27H33N5O3S2. The molecular weight excluding hydrogens is 506 g/mol. The Bertz CT molecular complexity index is 1200. The highest BCUT2D eigenvalue weighted by atomic mass is 32.1. The number of thiazole rings is 1. The quantitative estimate of drug-likeness (QED) is 0.398. The molecule has 0 aliphatic carbocycles. The molecule has 2 aromatic carbocycles. The van der Waals surface area contributed by atoms with Crippen molar-refractivity contribution in [2.45, 2.75) is 25.3 Å². The summed E-state index contributed by atoms with van der Waals surface area (Å²) in [7, 11) is 7.25. The summed E-state index contributed by atoms with van der Waals surface area (Å²) in [5, 5.41) is 9.88. The van der Waals surface area contributed by atoms with E-state index < -0.39 is 0 Å². The number of carbonyl (C=O) groups excluding carboxylic acids is 1. The summed E-state index contributed by atoms with van der Waals surface area (Å²) in [6.45, 7) is 2.07. The van der Waals surface area contributed by atoms with Crippen LogP contribution < -0.4 is 25.0 Å². The molecule has 1 saturated heterocycles. The molecule has 2 heterocycles. The van der Waals surface area contributed by atoms with Crippen molar-refractivity contribution in [3.05, 3.63) is 64.1 Å². The summed E-state index contributed by atoms with van der Waals surface area (Å²) in [4.78, 5) is 21.7. The Morgan fingerprint density at radius 3 is 2.35 bits per heavy atom. The molecule has 4 rings (SSSR count). The second-order valence-electron chi connectivity index (χ2n) is 9.11. The largest absolute Gasteiger partial charge is 0.497 e. The second kappa shape index (κ2) is 12.2. The lowest BCUT2D eigenvalue weighted by Crippen LogP contribution is -2.40. The number of nitrogens with zero attached hydrogens (tertiary/aromatic N) is 3. The molecule has 3 aromatic rings. The van der Waals surface area contributed by atoms with E-state index in [4.69, 9.17) is 21.7 Å². The number of hydrogen-bond donors (Lipinski definition) is 2. The Morgan fingerprint density at radius 2 is 1.76 bits per heavy atom. The summed E-state index contributed by atoms with van der Waals surface area (Å²) >= 11 is 7.21. The van der Waals surface area contributed by atoms with Crippen molar-refractivity contribution in [2.75, 3.05) is 51.6 Å². The highest BCUT2D eigenvalue weighted by Gasteiger charge is 2.25. The summed E-state index contributed by atoms with van der Waals surface area (Å²) < 4.78 is 10.6. The van der Waals surface area contributed by atoms with E-state index in [1.54, 1.807) is 31.6 Å². The van der Waals surface area contributed by atoms with Crippen LogP contribution in [-0.4, -0.2) is 62.3 Å². The van der Waals surface area contributed by atoms with Crippen LogP contribution in [0.2, 0.25) is 0 Å². The number of anilines is 2. The van der Waals surface area contributed by atoms with Gasteiger partial charge in [-0.2, -0.15) is 0 Å². The van der Waals surface area contributed by atoms with Crippen LogP contribution in [0.5, 0.6) is 11.5 Å². The van der Waals surface area contributed by atoms with Gasteiger partial charge in [0, 0.05) is 62.5 Å². The van der Waals surface area contributed by atoms with E-state index in [9.17, 15) is 4.79 Å². The zero-order chi connectivity index (χ0) is 26.4. The van der Waals surface area contributed by atoms with Crippen LogP contribution in [0.25, 0.3) is 0 Å². The molecule has 0 atom stereocenters. The van der Waals surface area contributed by atoms with Crippen LogP contribution in [0.4, 0.5) is 11.4 Å². The summed E-state index contributed by atoms with van der Waals surface area (Å²) in [5.41, 5.74) is 3.48. The SMILES string of the molecule is COc1cc(CNC(=O)c2csc(C3CCN(C(=S)Nc4ccc(N(C)C)cc4)CC3)n2)cc(OC)c1. The minimum Gasteiger partial charge on any atom is -0.497 e. The van der Waals surface area contributed by atoms with Gasteiger partial charge in [0.25, 0.3) is 5.91 Å². The zero-order valence-electron chi connectivity index (χ0n) is 21.6. The highest BCUT2D eigenvalue weighted by molar-refractivity contribution is 7.80. The smallest absolute Gasteiger partial charge is 0.271 e. The number of benzene rings is 2. The molecule has 1 aromatic heterocycles. The van der Waals surface area contributed by atoms with Crippen LogP contribution in [0, 0.1) is 0 Å². The number of hydrogen-bond acceptors (Lipinski definition) is 7. The molecule has 1 amide bonds. The molecule has 0 unspecified atom stereocenters. The molecule has 1 fully saturated rings. The van der Waals surface area contributed by atoms with Gasteiger partial charge in [-0.05, 0) is 67.0 Å². The Morgan fingerprint density at radius 1 is 1.11 bits per heavy atom. The van der Waals surface area contributed by atoms with Crippen LogP contribution >= 0.6 is 23.6 Å². The first kappa shape index (κ1) is 26.7. The predicted octanol–water partition coefficient (Wildman–Crippen LogP) is 4.73. The van der Waals surface area contributed by atoms with Gasteiger partial charge in [0.15, 0.2) is 5.11 Å². The minimum atomic E-state index is -0.188. The molecule has 0 bridgehead atoms. The number of nitrogens with one attached hydrogen (secondary N) is 2. The zero-order valence-corrected chi connectivity index (χ0v) is 23.2. The molecule has 1 aliphatic heterocycles. The molecule has 0 spiro atoms. The Kier molecular flexibility index (Phi) is 8.83. The molecule has 0 saturated carbocycles. The average Bonchev–Trinajstić information content (AvgIpc) is 3.42. The molecule has 37 heavy (non-hydrogen) atoms. The molecule has 8 nitrogen and oxygen atoms in total. The van der Waals surface area contributed by atoms with Crippen LogP contribution in [-0.2, 0) is 6.54 Å². The van der Waals surface area contributed by atoms with E-state index in [0.29, 0.717) is 29.7 Å². The monoisotopic (exact) mass is 539 g/mol. The predicted molar refractivity (Wildman–Crippen MR) is 153 cm³/mol. The lowest BCUT2D eigenvalue weighted by molar-refractivity contribution is 0.0946. The van der Waals surface area contributed by atoms with Crippen LogP contribution in [0.3, 0.4) is 0 Å². The molecule has 10 heteroatoms. The summed E-state index contributed by atoms with van der Waals surface area (Å²) in [6, 6.07) is 13.8. The Labute approximate surface area is 227 Å². The maximum atomic E-state index is 12.7. The molecule has 1 aliphatic rings. The highest BCUT2D eigenvalue weighted by Crippen LogP contribution is 2.31. The summed E-state index contributed by atoms with van der Waals surface area (Å²) in [6.07, 6.45) is 1.89. The summed E-state index contributed by atoms with van der Waals surface area (Å²) in [5.74, 6) is 1.51. The van der Waals surface area contributed by atoms with Crippen molar-refractivity contribution >= 4 is 45.9 Å². The fourth-order valence-electron chi connectivity index (χ4n) is 4.20. The number of ether oxygens (including phenoxy) is 2. The van der Waals surface area contributed by atoms with E-state index in [1.165, 1.54) is 0 Å². The van der Waals surface area contributed by atoms with Gasteiger partial charge < -0.3 is 29.9 Å². The number of amides is 1. The van der Waals surface area contributed by atoms with Gasteiger partial charge in [0.2, 0.25) is 0 Å². The first-order chi connectivity index (χ1) is 17.9. The minimum absolute atomic E-state index is 0.188. The number of aromatic nitrogens is 1. The topological polar surface area (TPSA) is 79.0 Å². The number of carbonyl (C=O) groups is 1. The van der Waals surface area contributed by atoms with Gasteiger partial charge in [-0.3, -0.25) is 4.79 Å².